The molecule has 1 aromatic rings. The molecule has 0 saturated carbocycles. The predicted molar refractivity (Wildman–Crippen MR) is 80.8 cm³/mol. The van der Waals surface area contributed by atoms with E-state index in [1.807, 2.05) is 0 Å². The highest BCUT2D eigenvalue weighted by atomic mass is 79.9. The van der Waals surface area contributed by atoms with E-state index in [9.17, 15) is 18.3 Å². The third kappa shape index (κ3) is 2.64. The maximum absolute atomic E-state index is 12.5. The first-order valence-electron chi connectivity index (χ1n) is 5.91. The first-order valence-corrected chi connectivity index (χ1v) is 9.34. The maximum Gasteiger partial charge on any atom is 0.311 e. The minimum atomic E-state index is -3.68. The summed E-state index contributed by atoms with van der Waals surface area (Å²) in [5.41, 5.74) is -0.981. The third-order valence-electron chi connectivity index (χ3n) is 3.67. The number of hydrogen-bond acceptors (Lipinski definition) is 4. The van der Waals surface area contributed by atoms with Gasteiger partial charge in [0.25, 0.3) is 10.0 Å². The van der Waals surface area contributed by atoms with Gasteiger partial charge in [0, 0.05) is 13.1 Å². The highest BCUT2D eigenvalue weighted by Gasteiger charge is 2.47. The molecule has 1 saturated heterocycles. The van der Waals surface area contributed by atoms with Gasteiger partial charge in [-0.05, 0) is 34.8 Å². The van der Waals surface area contributed by atoms with Crippen LogP contribution < -0.4 is 0 Å². The quantitative estimate of drug-likeness (QED) is 0.840. The average Bonchev–Trinajstić information content (AvgIpc) is 2.96. The molecule has 0 bridgehead atoms. The molecule has 0 radical (unpaired) electrons. The molecule has 2 heterocycles. The minimum Gasteiger partial charge on any atom is -0.481 e. The van der Waals surface area contributed by atoms with Crippen LogP contribution in [0.25, 0.3) is 0 Å². The molecule has 1 unspecified atom stereocenters. The van der Waals surface area contributed by atoms with Gasteiger partial charge in [-0.2, -0.15) is 4.31 Å². The standard InChI is InChI=1S/C11H13BrClNO4S2/c1-2-11(10(15)16)3-4-14(6-11)20(17,18)8-5-7(13)9(12)19-8/h5H,2-4,6H2,1H3,(H,15,16). The van der Waals surface area contributed by atoms with Crippen LogP contribution in [-0.4, -0.2) is 36.9 Å². The number of sulfonamides is 1. The average molecular weight is 403 g/mol. The van der Waals surface area contributed by atoms with Crippen LogP contribution in [0.3, 0.4) is 0 Å². The Balaban J connectivity index is 2.31. The zero-order valence-electron chi connectivity index (χ0n) is 10.6. The molecule has 0 amide bonds. The molecule has 20 heavy (non-hydrogen) atoms. The highest BCUT2D eigenvalue weighted by Crippen LogP contribution is 2.40. The normalized spacial score (nSPS) is 24.1. The van der Waals surface area contributed by atoms with Crippen molar-refractivity contribution in [3.8, 4) is 0 Å². The fraction of sp³-hybridized carbons (Fsp3) is 0.545. The van der Waals surface area contributed by atoms with Crippen LogP contribution in [0.1, 0.15) is 19.8 Å². The Bertz CT molecular complexity index is 625. The molecule has 1 N–H and O–H groups in total. The summed E-state index contributed by atoms with van der Waals surface area (Å²) < 4.78 is 26.9. The van der Waals surface area contributed by atoms with Gasteiger partial charge in [-0.15, -0.1) is 11.3 Å². The van der Waals surface area contributed by atoms with Crippen molar-refractivity contribution in [1.29, 1.82) is 0 Å². The number of halogens is 2. The van der Waals surface area contributed by atoms with E-state index in [0.717, 1.165) is 11.3 Å². The van der Waals surface area contributed by atoms with Crippen LogP contribution in [-0.2, 0) is 14.8 Å². The van der Waals surface area contributed by atoms with Gasteiger partial charge in [0.1, 0.15) is 4.21 Å². The van der Waals surface area contributed by atoms with Crippen molar-refractivity contribution in [2.75, 3.05) is 13.1 Å². The molecule has 1 aliphatic rings. The summed E-state index contributed by atoms with van der Waals surface area (Å²) >= 11 is 10.1. The summed E-state index contributed by atoms with van der Waals surface area (Å²) in [6.45, 7) is 1.99. The van der Waals surface area contributed by atoms with Crippen molar-refractivity contribution in [3.63, 3.8) is 0 Å². The van der Waals surface area contributed by atoms with Crippen molar-refractivity contribution in [2.24, 2.45) is 5.41 Å². The lowest BCUT2D eigenvalue weighted by atomic mass is 9.85. The van der Waals surface area contributed by atoms with E-state index in [4.69, 9.17) is 11.6 Å². The summed E-state index contributed by atoms with van der Waals surface area (Å²) in [7, 11) is -3.68. The highest BCUT2D eigenvalue weighted by molar-refractivity contribution is 9.11. The van der Waals surface area contributed by atoms with E-state index in [-0.39, 0.29) is 17.3 Å². The van der Waals surface area contributed by atoms with E-state index < -0.39 is 21.4 Å². The lowest BCUT2D eigenvalue weighted by molar-refractivity contribution is -0.148. The zero-order valence-corrected chi connectivity index (χ0v) is 14.6. The fourth-order valence-electron chi connectivity index (χ4n) is 2.24. The zero-order chi connectivity index (χ0) is 15.1. The summed E-state index contributed by atoms with van der Waals surface area (Å²) in [6.07, 6.45) is 0.738. The second-order valence-corrected chi connectivity index (χ2v) is 9.66. The maximum atomic E-state index is 12.5. The third-order valence-corrected chi connectivity index (χ3v) is 8.43. The molecule has 0 spiro atoms. The molecule has 1 atom stereocenters. The number of rotatable bonds is 4. The first-order chi connectivity index (χ1) is 9.23. The van der Waals surface area contributed by atoms with Gasteiger partial charge in [0.05, 0.1) is 14.2 Å². The molecular weight excluding hydrogens is 390 g/mol. The van der Waals surface area contributed by atoms with Crippen LogP contribution in [0.4, 0.5) is 0 Å². The lowest BCUT2D eigenvalue weighted by Gasteiger charge is -2.22. The number of carboxylic acids is 1. The molecular formula is C11H13BrClNO4S2. The van der Waals surface area contributed by atoms with Crippen molar-refractivity contribution < 1.29 is 18.3 Å². The second-order valence-electron chi connectivity index (χ2n) is 4.71. The van der Waals surface area contributed by atoms with Gasteiger partial charge in [0.15, 0.2) is 0 Å². The van der Waals surface area contributed by atoms with Crippen LogP contribution in [0.2, 0.25) is 5.02 Å². The predicted octanol–water partition coefficient (Wildman–Crippen LogP) is 3.04. The smallest absolute Gasteiger partial charge is 0.311 e. The van der Waals surface area contributed by atoms with E-state index in [2.05, 4.69) is 15.9 Å². The van der Waals surface area contributed by atoms with Gasteiger partial charge in [-0.1, -0.05) is 18.5 Å². The Kier molecular flexibility index (Phi) is 4.52. The summed E-state index contributed by atoms with van der Waals surface area (Å²) in [6, 6.07) is 1.39. The van der Waals surface area contributed by atoms with Gasteiger partial charge >= 0.3 is 5.97 Å². The molecule has 1 fully saturated rings. The number of carbonyl (C=O) groups is 1. The topological polar surface area (TPSA) is 74.7 Å². The Labute approximate surface area is 134 Å². The first kappa shape index (κ1) is 16.2. The molecule has 2 rings (SSSR count). The van der Waals surface area contributed by atoms with Crippen LogP contribution in [0.5, 0.6) is 0 Å². The minimum absolute atomic E-state index is 0.00824. The summed E-state index contributed by atoms with van der Waals surface area (Å²) in [5.74, 6) is -0.942. The van der Waals surface area contributed by atoms with Gasteiger partial charge in [-0.3, -0.25) is 4.79 Å². The number of carboxylic acid groups (broad SMARTS) is 1. The van der Waals surface area contributed by atoms with E-state index in [0.29, 0.717) is 21.7 Å². The van der Waals surface area contributed by atoms with E-state index in [1.165, 1.54) is 10.4 Å². The molecule has 0 aromatic carbocycles. The summed E-state index contributed by atoms with van der Waals surface area (Å²) in [5, 5.41) is 9.66. The van der Waals surface area contributed by atoms with Crippen LogP contribution in [0, 0.1) is 5.41 Å². The largest absolute Gasteiger partial charge is 0.481 e. The Morgan fingerprint density at radius 3 is 2.70 bits per heavy atom. The van der Waals surface area contributed by atoms with Gasteiger partial charge < -0.3 is 5.11 Å². The fourth-order valence-corrected chi connectivity index (χ4v) is 6.32. The Morgan fingerprint density at radius 2 is 2.30 bits per heavy atom. The number of nitrogens with zero attached hydrogens (tertiary/aromatic N) is 1. The number of thiophene rings is 1. The number of aliphatic carboxylic acids is 1. The Hall–Kier alpha value is -0.150. The number of hydrogen-bond donors (Lipinski definition) is 1. The molecule has 1 aliphatic heterocycles. The Morgan fingerprint density at radius 1 is 1.65 bits per heavy atom. The molecule has 5 nitrogen and oxygen atoms in total. The van der Waals surface area contributed by atoms with Crippen molar-refractivity contribution in [1.82, 2.24) is 4.31 Å². The second kappa shape index (κ2) is 5.57. The van der Waals surface area contributed by atoms with Gasteiger partial charge in [0.2, 0.25) is 0 Å². The molecule has 1 aromatic heterocycles. The SMILES string of the molecule is CCC1(C(=O)O)CCN(S(=O)(=O)c2cc(Cl)c(Br)s2)C1. The summed E-state index contributed by atoms with van der Waals surface area (Å²) in [4.78, 5) is 11.4. The van der Waals surface area contributed by atoms with Gasteiger partial charge in [-0.25, -0.2) is 8.42 Å². The molecule has 9 heteroatoms. The van der Waals surface area contributed by atoms with Crippen molar-refractivity contribution in [2.45, 2.75) is 24.0 Å². The lowest BCUT2D eigenvalue weighted by Crippen LogP contribution is -2.36. The van der Waals surface area contributed by atoms with E-state index in [1.54, 1.807) is 6.92 Å². The van der Waals surface area contributed by atoms with E-state index >= 15 is 0 Å². The monoisotopic (exact) mass is 401 g/mol. The van der Waals surface area contributed by atoms with Crippen molar-refractivity contribution in [3.05, 3.63) is 14.9 Å². The van der Waals surface area contributed by atoms with Crippen LogP contribution >= 0.6 is 38.9 Å². The molecule has 112 valence electrons. The molecule has 0 aliphatic carbocycles. The van der Waals surface area contributed by atoms with Crippen LogP contribution in [0.15, 0.2) is 14.1 Å². The van der Waals surface area contributed by atoms with Crippen molar-refractivity contribution >= 4 is 54.9 Å².